The molecule has 0 amide bonds. The van der Waals surface area contributed by atoms with Crippen molar-refractivity contribution in [3.63, 3.8) is 0 Å². The van der Waals surface area contributed by atoms with Crippen LogP contribution in [-0.4, -0.2) is 227 Å². The van der Waals surface area contributed by atoms with Gasteiger partial charge in [-0.3, -0.25) is 62.4 Å². The van der Waals surface area contributed by atoms with Gasteiger partial charge in [0.15, 0.2) is 0 Å². The summed E-state index contributed by atoms with van der Waals surface area (Å²) in [6.45, 7) is 49.4. The van der Waals surface area contributed by atoms with Gasteiger partial charge in [0.25, 0.3) is 0 Å². The third-order valence-corrected chi connectivity index (χ3v) is 17.0. The molecule has 0 spiro atoms. The van der Waals surface area contributed by atoms with E-state index < -0.39 is 0 Å². The normalized spacial score (nSPS) is 20.9. The van der Waals surface area contributed by atoms with Gasteiger partial charge in [-0.15, -0.1) is 0 Å². The molecule has 0 aromatic rings. The minimum Gasteiger partial charge on any atom is -0.330 e. The topological polar surface area (TPSA) is 258 Å². The van der Waals surface area contributed by atoms with E-state index >= 15 is 0 Å². The van der Waals surface area contributed by atoms with Crippen LogP contribution in [0, 0.1) is 41.4 Å². The van der Waals surface area contributed by atoms with Crippen LogP contribution in [0.15, 0.2) is 9.98 Å². The molecule has 8 heterocycles. The van der Waals surface area contributed by atoms with Gasteiger partial charge in [-0.05, 0) is 209 Å². The van der Waals surface area contributed by atoms with Crippen LogP contribution in [0.2, 0.25) is 0 Å². The lowest BCUT2D eigenvalue weighted by Crippen LogP contribution is -2.44. The van der Waals surface area contributed by atoms with Crippen molar-refractivity contribution in [3.05, 3.63) is 0 Å². The van der Waals surface area contributed by atoms with Gasteiger partial charge in [-0.25, -0.2) is 0 Å². The predicted molar refractivity (Wildman–Crippen MR) is 447 cm³/mol. The Morgan fingerprint density at radius 2 is 0.960 bits per heavy atom. The van der Waals surface area contributed by atoms with Crippen LogP contribution in [0.4, 0.5) is 0 Å². The zero-order chi connectivity index (χ0) is 76.0. The Hall–Kier alpha value is -0.941. The summed E-state index contributed by atoms with van der Waals surface area (Å²) in [5.41, 5.74) is 27.9. The van der Waals surface area contributed by atoms with E-state index in [1.165, 1.54) is 206 Å². The Morgan fingerprint density at radius 3 is 1.23 bits per heavy atom. The van der Waals surface area contributed by atoms with E-state index in [0.717, 1.165) is 128 Å². The Kier molecular flexibility index (Phi) is 106. The average Bonchev–Trinajstić information content (AvgIpc) is 2.19. The molecule has 30 heteroatoms. The van der Waals surface area contributed by atoms with E-state index in [-0.39, 0.29) is 0 Å². The maximum Gasteiger partial charge on any atom is 0.206 e. The number of hydrogen-bond donors (Lipinski definition) is 16. The van der Waals surface area contributed by atoms with Crippen molar-refractivity contribution >= 4 is 76.3 Å². The smallest absolute Gasteiger partial charge is 0.206 e. The Balaban J connectivity index is -0.000000238. The van der Waals surface area contributed by atoms with Crippen LogP contribution >= 0.6 is 0 Å². The number of hydrogen-bond acceptors (Lipinski definition) is 22. The highest BCUT2D eigenvalue weighted by Crippen LogP contribution is 2.12. The molecule has 0 aliphatic carbocycles. The molecular formula is C70H162B8N22. The number of nitrogens with two attached hydrogens (primary N) is 2. The Bertz CT molecular complexity index is 1390. The van der Waals surface area contributed by atoms with Crippen molar-refractivity contribution < 1.29 is 0 Å². The molecule has 0 aromatic carbocycles. The van der Waals surface area contributed by atoms with Gasteiger partial charge in [-0.2, -0.15) is 0 Å². The molecule has 0 bridgehead atoms. The number of rotatable bonds is 25. The average molecular weight is 1400 g/mol. The first kappa shape index (κ1) is 110. The summed E-state index contributed by atoms with van der Waals surface area (Å²) >= 11 is 0. The second-order valence-electron chi connectivity index (χ2n) is 27.5. The summed E-state index contributed by atoms with van der Waals surface area (Å²) in [4.78, 5) is 11.4. The van der Waals surface area contributed by atoms with Gasteiger partial charge >= 0.3 is 0 Å². The zero-order valence-electron chi connectivity index (χ0n) is 67.6. The molecule has 6 fully saturated rings. The molecule has 18 N–H and O–H groups in total. The van der Waals surface area contributed by atoms with Gasteiger partial charge in [0.05, 0.1) is 0 Å². The number of aliphatic imine (C=N–C) groups is 2. The second-order valence-corrected chi connectivity index (χ2v) is 27.5. The number of nitrogens with one attached hydrogen (secondary N) is 14. The van der Waals surface area contributed by atoms with Gasteiger partial charge < -0.3 is 54.1 Å². The van der Waals surface area contributed by atoms with Crippen LogP contribution in [0.1, 0.15) is 270 Å². The van der Waals surface area contributed by atoms with E-state index in [0.29, 0.717) is 17.8 Å². The van der Waals surface area contributed by atoms with Crippen molar-refractivity contribution in [2.45, 2.75) is 270 Å². The van der Waals surface area contributed by atoms with E-state index in [2.05, 4.69) is 175 Å². The largest absolute Gasteiger partial charge is 0.330 e. The molecular weight excluding hydrogens is 1240 g/mol. The number of unbranched alkanes of at least 4 members (excludes halogenated alkanes) is 6. The third kappa shape index (κ3) is 101. The predicted octanol–water partition coefficient (Wildman–Crippen LogP) is 6.92. The zero-order valence-corrected chi connectivity index (χ0v) is 67.6. The third-order valence-electron chi connectivity index (χ3n) is 17.0. The summed E-state index contributed by atoms with van der Waals surface area (Å²) in [7, 11) is 41.1. The second kappa shape index (κ2) is 96.1. The van der Waals surface area contributed by atoms with Crippen molar-refractivity contribution in [2.24, 2.45) is 62.9 Å². The van der Waals surface area contributed by atoms with Crippen LogP contribution in [-0.2, 0) is 0 Å². The fourth-order valence-electron chi connectivity index (χ4n) is 8.97. The van der Waals surface area contributed by atoms with E-state index in [1.54, 1.807) is 9.84 Å². The van der Waals surface area contributed by atoms with Crippen LogP contribution in [0.25, 0.3) is 0 Å². The van der Waals surface area contributed by atoms with Gasteiger partial charge in [0, 0.05) is 78.5 Å². The summed E-state index contributed by atoms with van der Waals surface area (Å²) in [5.74, 6) is 5.47. The SMILES string of the molecule is C1=NCCCC1.C1CCNCC1.CC1CC=NC1.CC1CCNC1.CCC(C)CN.CCCCCN.[B]N1CCC(C)CN1.[B]N1CCCCCN1.[B]NN1CCC(C)C1.[B]NN1CCCCC1.[B]NNCC(C)CC.[B]NNCC(C)CC.[B]NNCCCCC.[B]NNCCCCC. The molecule has 7 unspecified atom stereocenters. The van der Waals surface area contributed by atoms with Crippen molar-refractivity contribution in [1.82, 2.24) is 95.1 Å². The van der Waals surface area contributed by atoms with Gasteiger partial charge in [0.2, 0.25) is 63.8 Å². The van der Waals surface area contributed by atoms with Crippen LogP contribution in [0.3, 0.4) is 0 Å². The summed E-state index contributed by atoms with van der Waals surface area (Å²) in [6.07, 6.45) is 39.6. The lowest BCUT2D eigenvalue weighted by Gasteiger charge is -2.28. The minimum absolute atomic E-state index is 0.700. The Morgan fingerprint density at radius 1 is 0.460 bits per heavy atom. The number of hydrazine groups is 8. The standard InChI is InChI=1S/4C5H11BN2.4C5H13BN2.C5H11N.C5H9N.C5H11N.C5H9N.2C5H13N/c1-5-2-3-8(4-5)7-6;1-5-2-3-8(6)7-4-5;6-7-8-4-2-1-3-5-8;6-8-5-3-1-2-4-7-8;2*1-3-5(2)4-7-8-6;2*1-2-3-4-5-7-8-6;2*1-5-2-3-6-4-5;2*1-2-4-6-5-3-1;1-3-5(2)4-6;1-2-3-4-5-6/h2*5,7H,2-4H2,1H3;2*7H,1-5H2;2*5,7-8H,3-4H2,1-2H3;2*7-8H,2-5H2,1H3;5-6H,2-4H2,1H3;3,5H,2,4H2,1H3;6H,1-5H2;4H,1-3,5H2;5H,3-4,6H2,1-2H3;2-6H2,1H3. The molecule has 7 atom stereocenters. The van der Waals surface area contributed by atoms with Crippen molar-refractivity contribution in [3.8, 4) is 0 Å². The molecule has 8 aliphatic rings. The first-order chi connectivity index (χ1) is 48.4. The van der Waals surface area contributed by atoms with Crippen molar-refractivity contribution in [2.75, 3.05) is 131 Å². The number of nitrogens with zero attached hydrogens (tertiary/aromatic N) is 6. The fraction of sp³-hybridized carbons (Fsp3) is 0.971. The van der Waals surface area contributed by atoms with Crippen molar-refractivity contribution in [1.29, 1.82) is 0 Å². The number of piperidine rings is 2. The van der Waals surface area contributed by atoms with E-state index in [9.17, 15) is 0 Å². The molecule has 22 nitrogen and oxygen atoms in total. The first-order valence-corrected chi connectivity index (χ1v) is 39.9. The van der Waals surface area contributed by atoms with E-state index in [1.807, 2.05) is 22.4 Å². The molecule has 6 saturated heterocycles. The Labute approximate surface area is 631 Å². The fourth-order valence-corrected chi connectivity index (χ4v) is 8.97. The summed E-state index contributed by atoms with van der Waals surface area (Å²) in [6, 6.07) is 0. The molecule has 576 valence electrons. The molecule has 100 heavy (non-hydrogen) atoms. The molecule has 0 saturated carbocycles. The molecule has 0 aromatic heterocycles. The monoisotopic (exact) mass is 1400 g/mol. The van der Waals surface area contributed by atoms with Gasteiger partial charge in [-0.1, -0.05) is 167 Å². The lowest BCUT2D eigenvalue weighted by atomic mass is 10.1. The molecule has 8 aliphatic heterocycles. The van der Waals surface area contributed by atoms with Gasteiger partial charge in [0.1, 0.15) is 0 Å². The van der Waals surface area contributed by atoms with E-state index in [4.69, 9.17) is 75.3 Å². The highest BCUT2D eigenvalue weighted by molar-refractivity contribution is 6.05. The molecule has 8 rings (SSSR count). The maximum absolute atomic E-state index is 5.46. The minimum atomic E-state index is 0.700. The highest BCUT2D eigenvalue weighted by Gasteiger charge is 2.16. The first-order valence-electron chi connectivity index (χ1n) is 39.9. The van der Waals surface area contributed by atoms with Crippen LogP contribution in [0.5, 0.6) is 0 Å². The summed E-state index contributed by atoms with van der Waals surface area (Å²) in [5, 5.41) is 25.4. The maximum atomic E-state index is 5.46. The quantitative estimate of drug-likeness (QED) is 0.0251. The highest BCUT2D eigenvalue weighted by atomic mass is 15.5. The van der Waals surface area contributed by atoms with Crippen LogP contribution < -0.4 is 86.7 Å². The lowest BCUT2D eigenvalue weighted by molar-refractivity contribution is 0.203. The molecule has 16 radical (unpaired) electrons. The summed E-state index contributed by atoms with van der Waals surface area (Å²) < 4.78 is 0.